The molecule has 24 heavy (non-hydrogen) atoms. The van der Waals surface area contributed by atoms with Gasteiger partial charge in [-0.15, -0.1) is 0 Å². The molecule has 8 heteroatoms. The molecular weight excluding hydrogens is 350 g/mol. The standard InChI is InChI=1S/C16H25NO5S2/c1-11(2)17-15-9-23(18,19)10-16(15)24(20,21)14-7-5-13(6-8-14)22-12(3)4/h5-8,11-12,15-17H,9-10H2,1-4H3/t15-,16-/m0/s1. The number of rotatable bonds is 6. The zero-order chi connectivity index (χ0) is 18.1. The molecule has 136 valence electrons. The fourth-order valence-corrected chi connectivity index (χ4v) is 7.54. The van der Waals surface area contributed by atoms with Gasteiger partial charge in [0.1, 0.15) is 5.75 Å². The predicted octanol–water partition coefficient (Wildman–Crippen LogP) is 1.41. The van der Waals surface area contributed by atoms with Crippen LogP contribution in [0.1, 0.15) is 27.7 Å². The molecule has 1 aromatic rings. The number of benzene rings is 1. The van der Waals surface area contributed by atoms with E-state index in [1.54, 1.807) is 12.1 Å². The molecule has 0 saturated carbocycles. The molecular formula is C16H25NO5S2. The SMILES string of the molecule is CC(C)N[C@H]1CS(=O)(=O)C[C@@H]1S(=O)(=O)c1ccc(OC(C)C)cc1. The second-order valence-electron chi connectivity index (χ2n) is 6.73. The topological polar surface area (TPSA) is 89.5 Å². The van der Waals surface area contributed by atoms with Gasteiger partial charge in [0.15, 0.2) is 19.7 Å². The molecule has 0 aromatic heterocycles. The summed E-state index contributed by atoms with van der Waals surface area (Å²) in [6.07, 6.45) is -0.00736. The predicted molar refractivity (Wildman–Crippen MR) is 93.9 cm³/mol. The first-order valence-electron chi connectivity index (χ1n) is 7.98. The highest BCUT2D eigenvalue weighted by Gasteiger charge is 2.45. The van der Waals surface area contributed by atoms with Crippen molar-refractivity contribution in [3.63, 3.8) is 0 Å². The molecule has 0 unspecified atom stereocenters. The van der Waals surface area contributed by atoms with Gasteiger partial charge in [0.2, 0.25) is 0 Å². The zero-order valence-corrected chi connectivity index (χ0v) is 16.0. The van der Waals surface area contributed by atoms with Crippen molar-refractivity contribution in [2.75, 3.05) is 11.5 Å². The Labute approximate surface area is 144 Å². The molecule has 1 N–H and O–H groups in total. The van der Waals surface area contributed by atoms with Gasteiger partial charge in [-0.25, -0.2) is 16.8 Å². The molecule has 2 atom stereocenters. The summed E-state index contributed by atoms with van der Waals surface area (Å²) >= 11 is 0. The molecule has 0 bridgehead atoms. The van der Waals surface area contributed by atoms with E-state index in [4.69, 9.17) is 4.74 Å². The maximum absolute atomic E-state index is 12.9. The smallest absolute Gasteiger partial charge is 0.183 e. The summed E-state index contributed by atoms with van der Waals surface area (Å²) in [4.78, 5) is 0.122. The van der Waals surface area contributed by atoms with Crippen molar-refractivity contribution in [1.82, 2.24) is 5.32 Å². The van der Waals surface area contributed by atoms with Crippen molar-refractivity contribution in [3.8, 4) is 5.75 Å². The van der Waals surface area contributed by atoms with Crippen LogP contribution in [0, 0.1) is 0 Å². The van der Waals surface area contributed by atoms with E-state index in [9.17, 15) is 16.8 Å². The Bertz CT molecular complexity index is 767. The van der Waals surface area contributed by atoms with Crippen LogP contribution in [0.5, 0.6) is 5.75 Å². The molecule has 1 aromatic carbocycles. The summed E-state index contributed by atoms with van der Waals surface area (Å²) in [5, 5.41) is 2.11. The van der Waals surface area contributed by atoms with Gasteiger partial charge in [-0.05, 0) is 38.1 Å². The lowest BCUT2D eigenvalue weighted by Crippen LogP contribution is -2.46. The molecule has 1 aliphatic heterocycles. The largest absolute Gasteiger partial charge is 0.491 e. The summed E-state index contributed by atoms with van der Waals surface area (Å²) in [5.74, 6) is 0.0907. The van der Waals surface area contributed by atoms with Gasteiger partial charge in [-0.3, -0.25) is 0 Å². The second kappa shape index (κ2) is 7.01. The molecule has 2 rings (SSSR count). The third-order valence-corrected chi connectivity index (χ3v) is 7.94. The van der Waals surface area contributed by atoms with Crippen molar-refractivity contribution >= 4 is 19.7 Å². The maximum atomic E-state index is 12.9. The first kappa shape index (κ1) is 19.2. The maximum Gasteiger partial charge on any atom is 0.183 e. The van der Waals surface area contributed by atoms with Gasteiger partial charge in [-0.2, -0.15) is 0 Å². The van der Waals surface area contributed by atoms with Crippen molar-refractivity contribution < 1.29 is 21.6 Å². The normalized spacial score (nSPS) is 23.8. The Morgan fingerprint density at radius 2 is 1.67 bits per heavy atom. The van der Waals surface area contributed by atoms with Crippen LogP contribution in [-0.4, -0.2) is 51.8 Å². The van der Waals surface area contributed by atoms with Crippen LogP contribution in [0.2, 0.25) is 0 Å². The molecule has 0 aliphatic carbocycles. The van der Waals surface area contributed by atoms with E-state index in [0.717, 1.165) is 0 Å². The van der Waals surface area contributed by atoms with Crippen LogP contribution in [0.3, 0.4) is 0 Å². The summed E-state index contributed by atoms with van der Waals surface area (Å²) in [7, 11) is -7.12. The van der Waals surface area contributed by atoms with E-state index >= 15 is 0 Å². The highest BCUT2D eigenvalue weighted by atomic mass is 32.2. The molecule has 1 heterocycles. The van der Waals surface area contributed by atoms with Crippen LogP contribution < -0.4 is 10.1 Å². The van der Waals surface area contributed by atoms with Crippen molar-refractivity contribution in [1.29, 1.82) is 0 Å². The lowest BCUT2D eigenvalue weighted by atomic mass is 10.2. The van der Waals surface area contributed by atoms with Gasteiger partial charge in [-0.1, -0.05) is 13.8 Å². The van der Waals surface area contributed by atoms with Gasteiger partial charge in [0, 0.05) is 12.1 Å². The van der Waals surface area contributed by atoms with Crippen molar-refractivity contribution in [3.05, 3.63) is 24.3 Å². The average Bonchev–Trinajstić information content (AvgIpc) is 2.73. The second-order valence-corrected chi connectivity index (χ2v) is 11.0. The van der Waals surface area contributed by atoms with Gasteiger partial charge < -0.3 is 10.1 Å². The van der Waals surface area contributed by atoms with E-state index in [2.05, 4.69) is 5.32 Å². The zero-order valence-electron chi connectivity index (χ0n) is 14.4. The first-order valence-corrected chi connectivity index (χ1v) is 11.3. The molecule has 1 fully saturated rings. The van der Waals surface area contributed by atoms with Crippen LogP contribution >= 0.6 is 0 Å². The van der Waals surface area contributed by atoms with Crippen molar-refractivity contribution in [2.24, 2.45) is 0 Å². The fourth-order valence-electron chi connectivity index (χ4n) is 2.86. The highest BCUT2D eigenvalue weighted by molar-refractivity contribution is 7.96. The Morgan fingerprint density at radius 1 is 1.08 bits per heavy atom. The van der Waals surface area contributed by atoms with Gasteiger partial charge in [0.25, 0.3) is 0 Å². The van der Waals surface area contributed by atoms with Crippen LogP contribution in [0.4, 0.5) is 0 Å². The van der Waals surface area contributed by atoms with E-state index in [1.807, 2.05) is 27.7 Å². The van der Waals surface area contributed by atoms with Crippen LogP contribution in [0.25, 0.3) is 0 Å². The van der Waals surface area contributed by atoms with E-state index in [-0.39, 0.29) is 28.5 Å². The molecule has 0 spiro atoms. The van der Waals surface area contributed by atoms with E-state index in [1.165, 1.54) is 12.1 Å². The van der Waals surface area contributed by atoms with Crippen LogP contribution in [-0.2, 0) is 19.7 Å². The monoisotopic (exact) mass is 375 g/mol. The average molecular weight is 376 g/mol. The molecule has 1 aliphatic rings. The fraction of sp³-hybridized carbons (Fsp3) is 0.625. The third-order valence-electron chi connectivity index (χ3n) is 3.77. The number of nitrogens with one attached hydrogen (secondary N) is 1. The number of hydrogen-bond acceptors (Lipinski definition) is 6. The Hall–Kier alpha value is -1.12. The summed E-state index contributed by atoms with van der Waals surface area (Å²) in [5.41, 5.74) is 0. The Balaban J connectivity index is 2.30. The number of hydrogen-bond donors (Lipinski definition) is 1. The third kappa shape index (κ3) is 4.49. The minimum atomic E-state index is -3.75. The minimum absolute atomic E-state index is 0.00261. The van der Waals surface area contributed by atoms with Crippen LogP contribution in [0.15, 0.2) is 29.2 Å². The van der Waals surface area contributed by atoms with Gasteiger partial charge >= 0.3 is 0 Å². The first-order chi connectivity index (χ1) is 11.0. The minimum Gasteiger partial charge on any atom is -0.491 e. The molecule has 1 saturated heterocycles. The number of sulfone groups is 2. The lowest BCUT2D eigenvalue weighted by molar-refractivity contribution is 0.242. The molecule has 0 radical (unpaired) electrons. The summed E-state index contributed by atoms with van der Waals surface area (Å²) in [6.45, 7) is 7.51. The molecule has 6 nitrogen and oxygen atoms in total. The highest BCUT2D eigenvalue weighted by Crippen LogP contribution is 2.27. The number of ether oxygens (including phenoxy) is 1. The Kier molecular flexibility index (Phi) is 5.61. The quantitative estimate of drug-likeness (QED) is 0.809. The Morgan fingerprint density at radius 3 is 2.17 bits per heavy atom. The van der Waals surface area contributed by atoms with Gasteiger partial charge in [0.05, 0.1) is 27.8 Å². The lowest BCUT2D eigenvalue weighted by Gasteiger charge is -2.22. The van der Waals surface area contributed by atoms with E-state index < -0.39 is 31.0 Å². The van der Waals surface area contributed by atoms with Crippen molar-refractivity contribution in [2.45, 2.75) is 56.0 Å². The molecule has 0 amide bonds. The summed E-state index contributed by atoms with van der Waals surface area (Å²) < 4.78 is 55.2. The van der Waals surface area contributed by atoms with E-state index in [0.29, 0.717) is 5.75 Å². The summed E-state index contributed by atoms with van der Waals surface area (Å²) in [6, 6.07) is 5.56.